The number of imidazole rings is 1. The van der Waals surface area contributed by atoms with Crippen LogP contribution in [0.1, 0.15) is 17.1 Å². The van der Waals surface area contributed by atoms with E-state index in [4.69, 9.17) is 5.73 Å². The first-order chi connectivity index (χ1) is 8.19. The van der Waals surface area contributed by atoms with Crippen LogP contribution in [0.4, 0.5) is 4.39 Å². The molecule has 0 fully saturated rings. The van der Waals surface area contributed by atoms with Crippen LogP contribution in [0.25, 0.3) is 0 Å². The van der Waals surface area contributed by atoms with Gasteiger partial charge in [-0.3, -0.25) is 0 Å². The van der Waals surface area contributed by atoms with Crippen LogP contribution in [0.5, 0.6) is 0 Å². The minimum absolute atomic E-state index is 0.208. The summed E-state index contributed by atoms with van der Waals surface area (Å²) in [6.45, 7) is 3.28. The van der Waals surface area contributed by atoms with Crippen molar-refractivity contribution in [2.75, 3.05) is 6.54 Å². The summed E-state index contributed by atoms with van der Waals surface area (Å²) in [5.41, 5.74) is 7.57. The van der Waals surface area contributed by atoms with Crippen LogP contribution >= 0.6 is 0 Å². The Balaban J connectivity index is 2.15. The van der Waals surface area contributed by atoms with E-state index in [0.29, 0.717) is 13.1 Å². The normalized spacial score (nSPS) is 10.8. The molecular weight excluding hydrogens is 217 g/mol. The third kappa shape index (κ3) is 2.91. The minimum atomic E-state index is -0.208. The van der Waals surface area contributed by atoms with E-state index in [-0.39, 0.29) is 5.82 Å². The predicted octanol–water partition coefficient (Wildman–Crippen LogP) is 1.88. The number of rotatable bonds is 4. The molecule has 0 aliphatic rings. The maximum absolute atomic E-state index is 12.8. The number of hydrogen-bond donors (Lipinski definition) is 1. The summed E-state index contributed by atoms with van der Waals surface area (Å²) in [4.78, 5) is 4.42. The molecule has 2 rings (SSSR count). The number of nitrogens with zero attached hydrogens (tertiary/aromatic N) is 2. The van der Waals surface area contributed by atoms with Crippen molar-refractivity contribution in [3.05, 3.63) is 53.4 Å². The molecule has 0 radical (unpaired) electrons. The van der Waals surface area contributed by atoms with Crippen molar-refractivity contribution in [2.24, 2.45) is 5.73 Å². The largest absolute Gasteiger partial charge is 0.330 e. The zero-order chi connectivity index (χ0) is 12.3. The van der Waals surface area contributed by atoms with E-state index in [1.165, 1.54) is 12.1 Å². The number of hydrogen-bond acceptors (Lipinski definition) is 2. The van der Waals surface area contributed by atoms with Crippen LogP contribution in [0, 0.1) is 12.7 Å². The van der Waals surface area contributed by atoms with E-state index in [0.717, 1.165) is 23.5 Å². The maximum Gasteiger partial charge on any atom is 0.123 e. The second kappa shape index (κ2) is 5.10. The van der Waals surface area contributed by atoms with Gasteiger partial charge in [-0.25, -0.2) is 9.37 Å². The van der Waals surface area contributed by atoms with E-state index < -0.39 is 0 Å². The molecule has 0 amide bonds. The standard InChI is InChI=1S/C13H16FN3/c1-10-16-13(6-7-15)9-17(10)8-11-2-4-12(14)5-3-11/h2-5,9H,6-8,15H2,1H3. The lowest BCUT2D eigenvalue weighted by atomic mass is 10.2. The third-order valence-electron chi connectivity index (χ3n) is 2.69. The van der Waals surface area contributed by atoms with Gasteiger partial charge in [0.1, 0.15) is 11.6 Å². The van der Waals surface area contributed by atoms with Crippen LogP contribution in [0.3, 0.4) is 0 Å². The van der Waals surface area contributed by atoms with Gasteiger partial charge in [0.2, 0.25) is 0 Å². The van der Waals surface area contributed by atoms with Gasteiger partial charge in [0.25, 0.3) is 0 Å². The summed E-state index contributed by atoms with van der Waals surface area (Å²) in [5, 5.41) is 0. The smallest absolute Gasteiger partial charge is 0.123 e. The first-order valence-corrected chi connectivity index (χ1v) is 5.66. The van der Waals surface area contributed by atoms with Gasteiger partial charge in [-0.1, -0.05) is 12.1 Å². The van der Waals surface area contributed by atoms with Gasteiger partial charge in [-0.05, 0) is 31.2 Å². The van der Waals surface area contributed by atoms with Crippen molar-refractivity contribution in [1.82, 2.24) is 9.55 Å². The quantitative estimate of drug-likeness (QED) is 0.876. The molecular formula is C13H16FN3. The molecule has 0 aliphatic heterocycles. The Hall–Kier alpha value is -1.68. The summed E-state index contributed by atoms with van der Waals surface area (Å²) >= 11 is 0. The maximum atomic E-state index is 12.8. The Bertz CT molecular complexity index is 488. The highest BCUT2D eigenvalue weighted by Gasteiger charge is 2.04. The first kappa shape index (κ1) is 11.8. The number of aryl methyl sites for hydroxylation is 1. The minimum Gasteiger partial charge on any atom is -0.330 e. The molecule has 0 atom stereocenters. The van der Waals surface area contributed by atoms with Crippen molar-refractivity contribution in [3.63, 3.8) is 0 Å². The molecule has 3 nitrogen and oxygen atoms in total. The summed E-state index contributed by atoms with van der Waals surface area (Å²) < 4.78 is 14.8. The number of aromatic nitrogens is 2. The van der Waals surface area contributed by atoms with Gasteiger partial charge in [0, 0.05) is 19.2 Å². The van der Waals surface area contributed by atoms with Crippen LogP contribution in [0.15, 0.2) is 30.5 Å². The molecule has 17 heavy (non-hydrogen) atoms. The lowest BCUT2D eigenvalue weighted by Gasteiger charge is -2.04. The molecule has 2 N–H and O–H groups in total. The molecule has 1 aromatic carbocycles. The Labute approximate surface area is 100 Å². The van der Waals surface area contributed by atoms with Crippen LogP contribution in [-0.4, -0.2) is 16.1 Å². The fraction of sp³-hybridized carbons (Fsp3) is 0.308. The molecule has 0 unspecified atom stereocenters. The first-order valence-electron chi connectivity index (χ1n) is 5.66. The Morgan fingerprint density at radius 3 is 2.65 bits per heavy atom. The summed E-state index contributed by atoms with van der Waals surface area (Å²) in [6, 6.07) is 6.53. The van der Waals surface area contributed by atoms with Crippen molar-refractivity contribution in [3.8, 4) is 0 Å². The van der Waals surface area contributed by atoms with Gasteiger partial charge in [-0.2, -0.15) is 0 Å². The SMILES string of the molecule is Cc1nc(CCN)cn1Cc1ccc(F)cc1. The second-order valence-electron chi connectivity index (χ2n) is 4.07. The molecule has 0 aliphatic carbocycles. The molecule has 0 bridgehead atoms. The molecule has 2 aromatic rings. The molecule has 1 aromatic heterocycles. The number of halogens is 1. The van der Waals surface area contributed by atoms with Crippen LogP contribution in [-0.2, 0) is 13.0 Å². The van der Waals surface area contributed by atoms with E-state index in [1.54, 1.807) is 12.1 Å². The Morgan fingerprint density at radius 2 is 2.00 bits per heavy atom. The van der Waals surface area contributed by atoms with Gasteiger partial charge in [0.05, 0.1) is 5.69 Å². The lowest BCUT2D eigenvalue weighted by Crippen LogP contribution is -2.02. The highest BCUT2D eigenvalue weighted by atomic mass is 19.1. The summed E-state index contributed by atoms with van der Waals surface area (Å²) in [5.74, 6) is 0.748. The van der Waals surface area contributed by atoms with Gasteiger partial charge >= 0.3 is 0 Å². The van der Waals surface area contributed by atoms with Gasteiger partial charge in [-0.15, -0.1) is 0 Å². The molecule has 0 saturated heterocycles. The Morgan fingerprint density at radius 1 is 1.29 bits per heavy atom. The van der Waals surface area contributed by atoms with Crippen molar-refractivity contribution >= 4 is 0 Å². The molecule has 90 valence electrons. The zero-order valence-electron chi connectivity index (χ0n) is 9.86. The fourth-order valence-electron chi connectivity index (χ4n) is 1.79. The van der Waals surface area contributed by atoms with E-state index in [1.807, 2.05) is 13.1 Å². The van der Waals surface area contributed by atoms with Crippen molar-refractivity contribution < 1.29 is 4.39 Å². The topological polar surface area (TPSA) is 43.8 Å². The highest BCUT2D eigenvalue weighted by molar-refractivity contribution is 5.17. The molecule has 1 heterocycles. The van der Waals surface area contributed by atoms with Crippen molar-refractivity contribution in [1.29, 1.82) is 0 Å². The molecule has 0 spiro atoms. The van der Waals surface area contributed by atoms with Gasteiger partial charge < -0.3 is 10.3 Å². The average Bonchev–Trinajstić information content (AvgIpc) is 2.63. The lowest BCUT2D eigenvalue weighted by molar-refractivity contribution is 0.626. The fourth-order valence-corrected chi connectivity index (χ4v) is 1.79. The third-order valence-corrected chi connectivity index (χ3v) is 2.69. The zero-order valence-corrected chi connectivity index (χ0v) is 9.86. The average molecular weight is 233 g/mol. The van der Waals surface area contributed by atoms with Gasteiger partial charge in [0.15, 0.2) is 0 Å². The van der Waals surface area contributed by atoms with Crippen molar-refractivity contribution in [2.45, 2.75) is 19.9 Å². The number of benzene rings is 1. The summed E-state index contributed by atoms with van der Waals surface area (Å²) in [7, 11) is 0. The van der Waals surface area contributed by atoms with Crippen LogP contribution < -0.4 is 5.73 Å². The van der Waals surface area contributed by atoms with E-state index in [2.05, 4.69) is 9.55 Å². The van der Waals surface area contributed by atoms with Crippen LogP contribution in [0.2, 0.25) is 0 Å². The Kier molecular flexibility index (Phi) is 3.54. The molecule has 0 saturated carbocycles. The number of nitrogens with two attached hydrogens (primary N) is 1. The molecule has 4 heteroatoms. The predicted molar refractivity (Wildman–Crippen MR) is 65.2 cm³/mol. The van der Waals surface area contributed by atoms with E-state index >= 15 is 0 Å². The second-order valence-corrected chi connectivity index (χ2v) is 4.07. The monoisotopic (exact) mass is 233 g/mol. The highest BCUT2D eigenvalue weighted by Crippen LogP contribution is 2.09. The summed E-state index contributed by atoms with van der Waals surface area (Å²) in [6.07, 6.45) is 2.79. The van der Waals surface area contributed by atoms with E-state index in [9.17, 15) is 4.39 Å².